The molecule has 0 aliphatic carbocycles. The molecule has 2 aromatic carbocycles. The molecule has 134 valence electrons. The molecule has 0 bridgehead atoms. The van der Waals surface area contributed by atoms with E-state index in [4.69, 9.17) is 4.74 Å². The topological polar surface area (TPSA) is 38.3 Å². The maximum Gasteiger partial charge on any atom is 0.251 e. The van der Waals surface area contributed by atoms with Crippen LogP contribution in [0.4, 0.5) is 0 Å². The SMILES string of the molecule is CC(C)(C)NC(=O)c1ccc(COc2ccc(C(C)(C)C)cc2)cc1. The fourth-order valence-corrected chi connectivity index (χ4v) is 2.38. The number of carbonyl (C=O) groups is 1. The van der Waals surface area contributed by atoms with Gasteiger partial charge in [-0.05, 0) is 61.6 Å². The maximum absolute atomic E-state index is 12.1. The van der Waals surface area contributed by atoms with E-state index < -0.39 is 0 Å². The van der Waals surface area contributed by atoms with Gasteiger partial charge in [-0.3, -0.25) is 4.79 Å². The van der Waals surface area contributed by atoms with Gasteiger partial charge < -0.3 is 10.1 Å². The van der Waals surface area contributed by atoms with Gasteiger partial charge in [0.05, 0.1) is 0 Å². The van der Waals surface area contributed by atoms with Gasteiger partial charge in [-0.1, -0.05) is 45.0 Å². The largest absolute Gasteiger partial charge is 0.489 e. The van der Waals surface area contributed by atoms with Gasteiger partial charge >= 0.3 is 0 Å². The fourth-order valence-electron chi connectivity index (χ4n) is 2.38. The molecule has 0 aromatic heterocycles. The Hall–Kier alpha value is -2.29. The van der Waals surface area contributed by atoms with Crippen LogP contribution in [0.15, 0.2) is 48.5 Å². The summed E-state index contributed by atoms with van der Waals surface area (Å²) in [6, 6.07) is 15.8. The third-order valence-electron chi connectivity index (χ3n) is 3.83. The Balaban J connectivity index is 1.94. The Morgan fingerprint density at radius 1 is 0.880 bits per heavy atom. The first-order valence-corrected chi connectivity index (χ1v) is 8.69. The summed E-state index contributed by atoms with van der Waals surface area (Å²) in [5, 5.41) is 2.96. The van der Waals surface area contributed by atoms with Crippen molar-refractivity contribution in [2.24, 2.45) is 0 Å². The quantitative estimate of drug-likeness (QED) is 0.842. The number of hydrogen-bond acceptors (Lipinski definition) is 2. The number of amides is 1. The molecule has 0 aliphatic rings. The van der Waals surface area contributed by atoms with Crippen molar-refractivity contribution >= 4 is 5.91 Å². The van der Waals surface area contributed by atoms with E-state index in [0.29, 0.717) is 12.2 Å². The predicted octanol–water partition coefficient (Wildman–Crippen LogP) is 5.09. The number of benzene rings is 2. The minimum Gasteiger partial charge on any atom is -0.489 e. The van der Waals surface area contributed by atoms with Gasteiger partial charge in [0.25, 0.3) is 5.91 Å². The van der Waals surface area contributed by atoms with E-state index in [2.05, 4.69) is 38.2 Å². The molecule has 25 heavy (non-hydrogen) atoms. The summed E-state index contributed by atoms with van der Waals surface area (Å²) in [5.41, 5.74) is 2.88. The number of nitrogens with one attached hydrogen (secondary N) is 1. The van der Waals surface area contributed by atoms with Crippen LogP contribution in [0.1, 0.15) is 63.0 Å². The summed E-state index contributed by atoms with van der Waals surface area (Å²) in [7, 11) is 0. The van der Waals surface area contributed by atoms with Crippen molar-refractivity contribution in [1.29, 1.82) is 0 Å². The third-order valence-corrected chi connectivity index (χ3v) is 3.83. The molecule has 0 aliphatic heterocycles. The highest BCUT2D eigenvalue weighted by Gasteiger charge is 2.15. The van der Waals surface area contributed by atoms with E-state index in [-0.39, 0.29) is 16.9 Å². The molecule has 0 atom stereocenters. The monoisotopic (exact) mass is 339 g/mol. The van der Waals surface area contributed by atoms with Crippen molar-refractivity contribution < 1.29 is 9.53 Å². The summed E-state index contributed by atoms with van der Waals surface area (Å²) in [6.45, 7) is 13.0. The summed E-state index contributed by atoms with van der Waals surface area (Å²) in [6.07, 6.45) is 0. The minimum absolute atomic E-state index is 0.0577. The zero-order chi connectivity index (χ0) is 18.7. The van der Waals surface area contributed by atoms with Gasteiger partial charge in [-0.2, -0.15) is 0 Å². The zero-order valence-electron chi connectivity index (χ0n) is 16.1. The average Bonchev–Trinajstić information content (AvgIpc) is 2.51. The van der Waals surface area contributed by atoms with E-state index in [1.807, 2.05) is 57.2 Å². The van der Waals surface area contributed by atoms with Crippen LogP contribution in [-0.4, -0.2) is 11.4 Å². The second kappa shape index (κ2) is 7.30. The van der Waals surface area contributed by atoms with Crippen LogP contribution >= 0.6 is 0 Å². The molecule has 0 spiro atoms. The first-order valence-electron chi connectivity index (χ1n) is 8.69. The van der Waals surface area contributed by atoms with Crippen molar-refractivity contribution in [2.45, 2.75) is 59.1 Å². The zero-order valence-corrected chi connectivity index (χ0v) is 16.1. The van der Waals surface area contributed by atoms with Gasteiger partial charge in [-0.25, -0.2) is 0 Å². The Bertz CT molecular complexity index is 702. The van der Waals surface area contributed by atoms with Gasteiger partial charge in [0.1, 0.15) is 12.4 Å². The highest BCUT2D eigenvalue weighted by atomic mass is 16.5. The first-order chi connectivity index (χ1) is 11.5. The molecule has 1 amide bonds. The first kappa shape index (κ1) is 19.0. The number of rotatable bonds is 4. The number of carbonyl (C=O) groups excluding carboxylic acids is 1. The van der Waals surface area contributed by atoms with E-state index in [9.17, 15) is 4.79 Å². The Morgan fingerprint density at radius 3 is 1.92 bits per heavy atom. The van der Waals surface area contributed by atoms with E-state index >= 15 is 0 Å². The highest BCUT2D eigenvalue weighted by molar-refractivity contribution is 5.94. The Labute approximate surface area is 151 Å². The molecule has 0 saturated heterocycles. The molecule has 0 heterocycles. The van der Waals surface area contributed by atoms with Crippen LogP contribution in [0.5, 0.6) is 5.75 Å². The summed E-state index contributed by atoms with van der Waals surface area (Å²) in [4.78, 5) is 12.1. The summed E-state index contributed by atoms with van der Waals surface area (Å²) < 4.78 is 5.84. The molecule has 2 aromatic rings. The molecular weight excluding hydrogens is 310 g/mol. The van der Waals surface area contributed by atoms with Gasteiger partial charge in [0.2, 0.25) is 0 Å². The van der Waals surface area contributed by atoms with Gasteiger partial charge in [0, 0.05) is 11.1 Å². The predicted molar refractivity (Wildman–Crippen MR) is 103 cm³/mol. The molecular formula is C22H29NO2. The van der Waals surface area contributed by atoms with Crippen molar-refractivity contribution in [1.82, 2.24) is 5.32 Å². The number of hydrogen-bond donors (Lipinski definition) is 1. The molecule has 0 unspecified atom stereocenters. The van der Waals surface area contributed by atoms with Gasteiger partial charge in [-0.15, -0.1) is 0 Å². The lowest BCUT2D eigenvalue weighted by Gasteiger charge is -2.20. The standard InChI is InChI=1S/C22H29NO2/c1-21(2,3)18-11-13-19(14-12-18)25-15-16-7-9-17(10-8-16)20(24)23-22(4,5)6/h7-14H,15H2,1-6H3,(H,23,24). The van der Waals surface area contributed by atoms with Crippen molar-refractivity contribution in [2.75, 3.05) is 0 Å². The number of ether oxygens (including phenoxy) is 1. The van der Waals surface area contributed by atoms with Crippen LogP contribution in [0.3, 0.4) is 0 Å². The molecule has 2 rings (SSSR count). The second-order valence-electron chi connectivity index (χ2n) is 8.46. The van der Waals surface area contributed by atoms with Crippen LogP contribution in [0.25, 0.3) is 0 Å². The average molecular weight is 339 g/mol. The fraction of sp³-hybridized carbons (Fsp3) is 0.409. The molecule has 0 saturated carbocycles. The summed E-state index contributed by atoms with van der Waals surface area (Å²) >= 11 is 0. The van der Waals surface area contributed by atoms with Crippen LogP contribution in [-0.2, 0) is 12.0 Å². The van der Waals surface area contributed by atoms with Crippen LogP contribution < -0.4 is 10.1 Å². The molecule has 0 fully saturated rings. The third kappa shape index (κ3) is 5.93. The van der Waals surface area contributed by atoms with Crippen LogP contribution in [0, 0.1) is 0 Å². The van der Waals surface area contributed by atoms with Crippen LogP contribution in [0.2, 0.25) is 0 Å². The molecule has 0 radical (unpaired) electrons. The van der Waals surface area contributed by atoms with Crippen molar-refractivity contribution in [3.05, 3.63) is 65.2 Å². The highest BCUT2D eigenvalue weighted by Crippen LogP contribution is 2.24. The summed E-state index contributed by atoms with van der Waals surface area (Å²) in [5.74, 6) is 0.792. The maximum atomic E-state index is 12.1. The van der Waals surface area contributed by atoms with Crippen molar-refractivity contribution in [3.63, 3.8) is 0 Å². The second-order valence-corrected chi connectivity index (χ2v) is 8.46. The van der Waals surface area contributed by atoms with Gasteiger partial charge in [0.15, 0.2) is 0 Å². The lowest BCUT2D eigenvalue weighted by Crippen LogP contribution is -2.40. The van der Waals surface area contributed by atoms with Crippen molar-refractivity contribution in [3.8, 4) is 5.75 Å². The van der Waals surface area contributed by atoms with E-state index in [1.165, 1.54) is 5.56 Å². The Morgan fingerprint density at radius 2 is 1.44 bits per heavy atom. The Kier molecular flexibility index (Phi) is 5.56. The lowest BCUT2D eigenvalue weighted by molar-refractivity contribution is 0.0919. The molecule has 3 heteroatoms. The normalized spacial score (nSPS) is 11.9. The van der Waals surface area contributed by atoms with E-state index in [1.54, 1.807) is 0 Å². The lowest BCUT2D eigenvalue weighted by atomic mass is 9.87. The molecule has 3 nitrogen and oxygen atoms in total. The van der Waals surface area contributed by atoms with E-state index in [0.717, 1.165) is 11.3 Å². The molecule has 1 N–H and O–H groups in total. The smallest absolute Gasteiger partial charge is 0.251 e. The minimum atomic E-state index is -0.238.